The Morgan fingerprint density at radius 3 is 2.32 bits per heavy atom. The van der Waals surface area contributed by atoms with E-state index in [0.717, 1.165) is 25.7 Å². The molecule has 2 bridgehead atoms. The van der Waals surface area contributed by atoms with Crippen LogP contribution in [0, 0.1) is 17.7 Å². The van der Waals surface area contributed by atoms with Crippen molar-refractivity contribution in [3.8, 4) is 11.5 Å². The lowest BCUT2D eigenvalue weighted by Crippen LogP contribution is -2.51. The number of nitrogens with zero attached hydrogens (tertiary/aromatic N) is 3. The molecule has 0 radical (unpaired) electrons. The van der Waals surface area contributed by atoms with Gasteiger partial charge in [0.1, 0.15) is 12.4 Å². The highest BCUT2D eigenvalue weighted by Gasteiger charge is 2.37. The zero-order valence-corrected chi connectivity index (χ0v) is 24.0. The van der Waals surface area contributed by atoms with Crippen molar-refractivity contribution in [2.45, 2.75) is 31.8 Å². The molecular formula is C33H32FN5O5. The molecule has 1 unspecified atom stereocenters. The van der Waals surface area contributed by atoms with Gasteiger partial charge in [-0.25, -0.2) is 14.2 Å². The van der Waals surface area contributed by atoms with Gasteiger partial charge in [0.05, 0.1) is 11.4 Å². The summed E-state index contributed by atoms with van der Waals surface area (Å²) in [5, 5.41) is 5.35. The summed E-state index contributed by atoms with van der Waals surface area (Å²) in [4.78, 5) is 49.1. The van der Waals surface area contributed by atoms with E-state index >= 15 is 4.39 Å². The Morgan fingerprint density at radius 2 is 1.57 bits per heavy atom. The van der Waals surface area contributed by atoms with E-state index in [1.165, 1.54) is 11.0 Å². The minimum atomic E-state index is -1.45. The zero-order chi connectivity index (χ0) is 30.2. The molecule has 226 valence electrons. The number of halogens is 1. The fourth-order valence-electron chi connectivity index (χ4n) is 6.55. The molecule has 1 atom stereocenters. The van der Waals surface area contributed by atoms with Crippen LogP contribution < -0.4 is 25.0 Å². The Balaban J connectivity index is 1.22. The predicted molar refractivity (Wildman–Crippen MR) is 161 cm³/mol. The van der Waals surface area contributed by atoms with Gasteiger partial charge in [0.25, 0.3) is 5.91 Å². The number of nitrogens with one attached hydrogen (secondary N) is 2. The van der Waals surface area contributed by atoms with Crippen molar-refractivity contribution in [2.75, 3.05) is 36.6 Å². The highest BCUT2D eigenvalue weighted by Crippen LogP contribution is 2.36. The van der Waals surface area contributed by atoms with Crippen molar-refractivity contribution in [1.82, 2.24) is 10.2 Å². The highest BCUT2D eigenvalue weighted by atomic mass is 19.1. The Morgan fingerprint density at radius 1 is 0.886 bits per heavy atom. The largest absolute Gasteiger partial charge is 0.454 e. The molecule has 0 spiro atoms. The summed E-state index contributed by atoms with van der Waals surface area (Å²) in [5.74, 6) is 0.687. The molecule has 8 rings (SSSR count). The highest BCUT2D eigenvalue weighted by molar-refractivity contribution is 6.21. The molecule has 44 heavy (non-hydrogen) atoms. The maximum absolute atomic E-state index is 15.2. The van der Waals surface area contributed by atoms with Gasteiger partial charge >= 0.3 is 6.03 Å². The number of carbonyl (C=O) groups is 3. The van der Waals surface area contributed by atoms with Gasteiger partial charge in [0.15, 0.2) is 11.5 Å². The van der Waals surface area contributed by atoms with E-state index in [-0.39, 0.29) is 30.5 Å². The number of anilines is 2. The molecule has 2 saturated heterocycles. The van der Waals surface area contributed by atoms with Gasteiger partial charge in [-0.05, 0) is 67.9 Å². The number of benzene rings is 3. The zero-order valence-electron chi connectivity index (χ0n) is 24.0. The molecule has 10 nitrogen and oxygen atoms in total. The van der Waals surface area contributed by atoms with Crippen LogP contribution in [0.15, 0.2) is 71.7 Å². The third-order valence-corrected chi connectivity index (χ3v) is 8.80. The predicted octanol–water partition coefficient (Wildman–Crippen LogP) is 4.53. The lowest BCUT2D eigenvalue weighted by Gasteiger charge is -2.29. The van der Waals surface area contributed by atoms with Gasteiger partial charge in [-0.2, -0.15) is 0 Å². The van der Waals surface area contributed by atoms with Gasteiger partial charge in [-0.15, -0.1) is 0 Å². The normalized spacial score (nSPS) is 22.1. The van der Waals surface area contributed by atoms with E-state index in [2.05, 4.69) is 15.6 Å². The molecule has 2 N–H and O–H groups in total. The van der Waals surface area contributed by atoms with Crippen LogP contribution in [0.4, 0.5) is 20.6 Å². The number of carbonyl (C=O) groups excluding carboxylic acids is 3. The number of ether oxygens (including phenoxy) is 2. The van der Waals surface area contributed by atoms with E-state index in [4.69, 9.17) is 9.47 Å². The standard InChI is InChI=1S/C33H32FN5O5/c34-25-7-3-1-5-23(25)30-24-6-2-4-8-26(24)39(18-29(40)38-16-20-9-10-21(17-38)12-11-20)32(41)31(36-30)37-33(42)35-22-13-14-27-28(15-22)44-19-43-27/h1-8,13-15,20-21,31H,9-12,16-19H2,(H2,35,37,42). The molecule has 3 fully saturated rings. The summed E-state index contributed by atoms with van der Waals surface area (Å²) < 4.78 is 25.9. The van der Waals surface area contributed by atoms with E-state index in [1.54, 1.807) is 60.7 Å². The van der Waals surface area contributed by atoms with E-state index in [1.807, 2.05) is 4.90 Å². The molecule has 1 saturated carbocycles. The first-order valence-electron chi connectivity index (χ1n) is 14.9. The first kappa shape index (κ1) is 27.9. The van der Waals surface area contributed by atoms with E-state index in [0.29, 0.717) is 53.4 Å². The molecule has 3 aromatic rings. The average molecular weight is 598 g/mol. The number of aliphatic imine (C=N–C) groups is 1. The van der Waals surface area contributed by atoms with Crippen molar-refractivity contribution in [3.05, 3.63) is 83.7 Å². The number of fused-ring (bicyclic) bond motifs is 6. The number of urea groups is 1. The topological polar surface area (TPSA) is 113 Å². The Bertz CT molecular complexity index is 1640. The molecule has 4 aliphatic heterocycles. The quantitative estimate of drug-likeness (QED) is 0.449. The van der Waals surface area contributed by atoms with Crippen LogP contribution >= 0.6 is 0 Å². The van der Waals surface area contributed by atoms with E-state index in [9.17, 15) is 14.4 Å². The van der Waals surface area contributed by atoms with Crippen LogP contribution in [-0.2, 0) is 9.59 Å². The summed E-state index contributed by atoms with van der Waals surface area (Å²) in [6.45, 7) is 1.21. The fraction of sp³-hybridized carbons (Fsp3) is 0.333. The van der Waals surface area contributed by atoms with Crippen molar-refractivity contribution in [2.24, 2.45) is 16.8 Å². The number of rotatable bonds is 5. The van der Waals surface area contributed by atoms with Crippen LogP contribution in [0.5, 0.6) is 11.5 Å². The SMILES string of the molecule is O=C(Nc1ccc2c(c1)OCO2)NC1N=C(c2ccccc2F)c2ccccc2N(CC(=O)N2CC3CCC(CC3)C2)C1=O. The van der Waals surface area contributed by atoms with Crippen molar-refractivity contribution in [3.63, 3.8) is 0 Å². The second-order valence-electron chi connectivity index (χ2n) is 11.7. The summed E-state index contributed by atoms with van der Waals surface area (Å²) in [5.41, 5.74) is 1.69. The second kappa shape index (κ2) is 11.6. The molecule has 0 aromatic heterocycles. The second-order valence-corrected chi connectivity index (χ2v) is 11.7. The summed E-state index contributed by atoms with van der Waals surface area (Å²) in [7, 11) is 0. The minimum absolute atomic E-state index is 0.0863. The van der Waals surface area contributed by atoms with Crippen LogP contribution in [0.1, 0.15) is 36.8 Å². The van der Waals surface area contributed by atoms with E-state index < -0.39 is 23.9 Å². The molecule has 11 heteroatoms. The summed E-state index contributed by atoms with van der Waals surface area (Å²) in [6, 6.07) is 17.4. The first-order valence-corrected chi connectivity index (χ1v) is 14.9. The van der Waals surface area contributed by atoms with Crippen molar-refractivity contribution in [1.29, 1.82) is 0 Å². The molecule has 3 aromatic carbocycles. The lowest BCUT2D eigenvalue weighted by molar-refractivity contribution is -0.132. The average Bonchev–Trinajstić information content (AvgIpc) is 3.22. The molecular weight excluding hydrogens is 565 g/mol. The van der Waals surface area contributed by atoms with Crippen LogP contribution in [-0.4, -0.2) is 61.1 Å². The van der Waals surface area contributed by atoms with Crippen molar-refractivity contribution < 1.29 is 28.2 Å². The molecule has 1 aliphatic carbocycles. The van der Waals surface area contributed by atoms with Crippen LogP contribution in [0.3, 0.4) is 0 Å². The van der Waals surface area contributed by atoms with Gasteiger partial charge in [-0.3, -0.25) is 14.5 Å². The number of amides is 4. The Hall–Kier alpha value is -4.93. The fourth-order valence-corrected chi connectivity index (χ4v) is 6.55. The van der Waals surface area contributed by atoms with Gasteiger partial charge in [0.2, 0.25) is 18.9 Å². The van der Waals surface area contributed by atoms with Gasteiger partial charge < -0.3 is 25.0 Å². The van der Waals surface area contributed by atoms with Crippen molar-refractivity contribution >= 4 is 34.9 Å². The van der Waals surface area contributed by atoms with Gasteiger partial charge in [0, 0.05) is 36.0 Å². The summed E-state index contributed by atoms with van der Waals surface area (Å²) >= 11 is 0. The Kier molecular flexibility index (Phi) is 7.37. The smallest absolute Gasteiger partial charge is 0.321 e. The summed E-state index contributed by atoms with van der Waals surface area (Å²) in [6.07, 6.45) is 3.02. The third kappa shape index (κ3) is 5.45. The molecule has 4 heterocycles. The van der Waals surface area contributed by atoms with Crippen LogP contribution in [0.2, 0.25) is 0 Å². The lowest BCUT2D eigenvalue weighted by atomic mass is 9.84. The maximum Gasteiger partial charge on any atom is 0.321 e. The number of benzodiazepines with no additional fused rings is 1. The minimum Gasteiger partial charge on any atom is -0.454 e. The number of hydrogen-bond donors (Lipinski definition) is 2. The third-order valence-electron chi connectivity index (χ3n) is 8.80. The monoisotopic (exact) mass is 597 g/mol. The first-order chi connectivity index (χ1) is 21.4. The maximum atomic E-state index is 15.2. The number of hydrogen-bond acceptors (Lipinski definition) is 6. The molecule has 4 amide bonds. The van der Waals surface area contributed by atoms with Crippen LogP contribution in [0.25, 0.3) is 0 Å². The number of para-hydroxylation sites is 1. The van der Waals surface area contributed by atoms with Gasteiger partial charge in [-0.1, -0.05) is 30.3 Å². The molecule has 5 aliphatic rings. The Labute approximate surface area is 253 Å².